The van der Waals surface area contributed by atoms with E-state index < -0.39 is 38.6 Å². The van der Waals surface area contributed by atoms with Gasteiger partial charge in [0.25, 0.3) is 0 Å². The van der Waals surface area contributed by atoms with Gasteiger partial charge in [0.15, 0.2) is 5.69 Å². The third kappa shape index (κ3) is 4.18. The maximum atomic E-state index is 12.8. The lowest BCUT2D eigenvalue weighted by atomic mass is 10.1. The molecule has 1 aromatic carbocycles. The van der Waals surface area contributed by atoms with Crippen LogP contribution in [0.3, 0.4) is 0 Å². The Balaban J connectivity index is 3.82. The standard InChI is InChI=1S/C13H14F3N3O4/c1-4-17(7-8(2)3)12-10(18(20)21)5-9(13(14,15)16)6-11(12)19(22)23/h5-7H,4H2,1-3H3. The minimum absolute atomic E-state index is 0.109. The monoisotopic (exact) mass is 333 g/mol. The Labute approximate surface area is 129 Å². The summed E-state index contributed by atoms with van der Waals surface area (Å²) < 4.78 is 38.5. The molecule has 1 aromatic rings. The Morgan fingerprint density at radius 2 is 1.61 bits per heavy atom. The fourth-order valence-electron chi connectivity index (χ4n) is 1.97. The molecule has 0 aliphatic carbocycles. The van der Waals surface area contributed by atoms with E-state index in [0.29, 0.717) is 17.7 Å². The minimum Gasteiger partial charge on any atom is -0.337 e. The molecule has 0 atom stereocenters. The SMILES string of the molecule is CCN(C=C(C)C)c1c([N+](=O)[O-])cc(C(F)(F)F)cc1[N+](=O)[O-]. The molecule has 0 N–H and O–H groups in total. The van der Waals surface area contributed by atoms with Gasteiger partial charge in [-0.15, -0.1) is 0 Å². The van der Waals surface area contributed by atoms with Crippen molar-refractivity contribution in [1.29, 1.82) is 0 Å². The number of hydrogen-bond acceptors (Lipinski definition) is 5. The predicted octanol–water partition coefficient (Wildman–Crippen LogP) is 4.27. The van der Waals surface area contributed by atoms with E-state index in [1.807, 2.05) is 0 Å². The van der Waals surface area contributed by atoms with Gasteiger partial charge in [0.05, 0.1) is 15.4 Å². The van der Waals surface area contributed by atoms with Crippen LogP contribution < -0.4 is 4.90 Å². The molecule has 1 rings (SSSR count). The zero-order valence-corrected chi connectivity index (χ0v) is 12.5. The Kier molecular flexibility index (Phi) is 5.30. The normalized spacial score (nSPS) is 11.0. The quantitative estimate of drug-likeness (QED) is 0.593. The first-order valence-electron chi connectivity index (χ1n) is 6.44. The van der Waals surface area contributed by atoms with E-state index in [1.165, 1.54) is 11.1 Å². The molecule has 0 fully saturated rings. The second kappa shape index (κ2) is 6.63. The van der Waals surface area contributed by atoms with Gasteiger partial charge < -0.3 is 4.90 Å². The van der Waals surface area contributed by atoms with Gasteiger partial charge in [-0.2, -0.15) is 13.2 Å². The van der Waals surface area contributed by atoms with E-state index in [0.717, 1.165) is 0 Å². The number of alkyl halides is 3. The molecule has 23 heavy (non-hydrogen) atoms. The first kappa shape index (κ1) is 18.4. The first-order valence-corrected chi connectivity index (χ1v) is 6.44. The number of hydrogen-bond donors (Lipinski definition) is 0. The number of nitro benzene ring substituents is 2. The molecule has 126 valence electrons. The number of anilines is 1. The van der Waals surface area contributed by atoms with Crippen LogP contribution in [0.2, 0.25) is 0 Å². The Morgan fingerprint density at radius 1 is 1.17 bits per heavy atom. The zero-order valence-electron chi connectivity index (χ0n) is 12.5. The van der Waals surface area contributed by atoms with Crippen molar-refractivity contribution in [2.45, 2.75) is 26.9 Å². The van der Waals surface area contributed by atoms with Crippen LogP contribution in [0.15, 0.2) is 23.9 Å². The molecule has 0 radical (unpaired) electrons. The number of nitrogens with zero attached hydrogens (tertiary/aromatic N) is 3. The van der Waals surface area contributed by atoms with E-state index in [2.05, 4.69) is 0 Å². The highest BCUT2D eigenvalue weighted by Crippen LogP contribution is 2.43. The van der Waals surface area contributed by atoms with Crippen molar-refractivity contribution in [3.8, 4) is 0 Å². The molecule has 0 aliphatic heterocycles. The van der Waals surface area contributed by atoms with Crippen LogP contribution in [-0.4, -0.2) is 16.4 Å². The fourth-order valence-corrected chi connectivity index (χ4v) is 1.97. The zero-order chi connectivity index (χ0) is 17.9. The molecule has 0 aliphatic rings. The van der Waals surface area contributed by atoms with Crippen molar-refractivity contribution in [2.24, 2.45) is 0 Å². The van der Waals surface area contributed by atoms with Crippen molar-refractivity contribution in [3.63, 3.8) is 0 Å². The van der Waals surface area contributed by atoms with E-state index in [1.54, 1.807) is 20.8 Å². The van der Waals surface area contributed by atoms with Crippen LogP contribution in [0, 0.1) is 20.2 Å². The second-order valence-electron chi connectivity index (χ2n) is 4.87. The molecule has 0 bridgehead atoms. The Morgan fingerprint density at radius 3 is 1.87 bits per heavy atom. The molecule has 7 nitrogen and oxygen atoms in total. The summed E-state index contributed by atoms with van der Waals surface area (Å²) in [5.41, 5.74) is -3.17. The third-order valence-electron chi connectivity index (χ3n) is 2.83. The van der Waals surface area contributed by atoms with Gasteiger partial charge >= 0.3 is 17.6 Å². The molecule has 0 saturated heterocycles. The molecule has 0 unspecified atom stereocenters. The summed E-state index contributed by atoms with van der Waals surface area (Å²) in [4.78, 5) is 21.4. The van der Waals surface area contributed by atoms with Crippen LogP contribution >= 0.6 is 0 Å². The summed E-state index contributed by atoms with van der Waals surface area (Å²) >= 11 is 0. The average Bonchev–Trinajstić information content (AvgIpc) is 2.41. The van der Waals surface area contributed by atoms with Crippen molar-refractivity contribution < 1.29 is 23.0 Å². The third-order valence-corrected chi connectivity index (χ3v) is 2.83. The highest BCUT2D eigenvalue weighted by atomic mass is 19.4. The van der Waals surface area contributed by atoms with Gasteiger partial charge in [-0.1, -0.05) is 5.57 Å². The van der Waals surface area contributed by atoms with E-state index in [4.69, 9.17) is 0 Å². The number of rotatable bonds is 5. The summed E-state index contributed by atoms with van der Waals surface area (Å²) in [5, 5.41) is 22.3. The number of halogens is 3. The lowest BCUT2D eigenvalue weighted by Gasteiger charge is -2.20. The van der Waals surface area contributed by atoms with Crippen molar-refractivity contribution in [3.05, 3.63) is 49.7 Å². The maximum absolute atomic E-state index is 12.8. The van der Waals surface area contributed by atoms with E-state index in [-0.39, 0.29) is 6.54 Å². The van der Waals surface area contributed by atoms with Gasteiger partial charge in [0.1, 0.15) is 0 Å². The van der Waals surface area contributed by atoms with Crippen molar-refractivity contribution >= 4 is 17.1 Å². The number of benzene rings is 1. The molecular formula is C13H14F3N3O4. The molecule has 0 heterocycles. The second-order valence-corrected chi connectivity index (χ2v) is 4.87. The van der Waals surface area contributed by atoms with Gasteiger partial charge in [0.2, 0.25) is 0 Å². The molecular weight excluding hydrogens is 319 g/mol. The van der Waals surface area contributed by atoms with Crippen LogP contribution in [0.25, 0.3) is 0 Å². The van der Waals surface area contributed by atoms with Gasteiger partial charge in [-0.3, -0.25) is 20.2 Å². The van der Waals surface area contributed by atoms with Gasteiger partial charge in [0, 0.05) is 24.9 Å². The fraction of sp³-hybridized carbons (Fsp3) is 0.385. The molecule has 0 amide bonds. The topological polar surface area (TPSA) is 89.5 Å². The molecule has 0 saturated carbocycles. The summed E-state index contributed by atoms with van der Waals surface area (Å²) in [6.45, 7) is 5.00. The largest absolute Gasteiger partial charge is 0.416 e. The summed E-state index contributed by atoms with van der Waals surface area (Å²) in [7, 11) is 0. The highest BCUT2D eigenvalue weighted by molar-refractivity contribution is 5.77. The minimum atomic E-state index is -4.93. The van der Waals surface area contributed by atoms with Gasteiger partial charge in [-0.05, 0) is 20.8 Å². The lowest BCUT2D eigenvalue weighted by Crippen LogP contribution is -2.19. The predicted molar refractivity (Wildman–Crippen MR) is 77.2 cm³/mol. The lowest BCUT2D eigenvalue weighted by molar-refractivity contribution is -0.393. The van der Waals surface area contributed by atoms with Crippen LogP contribution in [0.4, 0.5) is 30.2 Å². The van der Waals surface area contributed by atoms with E-state index >= 15 is 0 Å². The van der Waals surface area contributed by atoms with Gasteiger partial charge in [-0.25, -0.2) is 0 Å². The maximum Gasteiger partial charge on any atom is 0.416 e. The van der Waals surface area contributed by atoms with Crippen molar-refractivity contribution in [1.82, 2.24) is 0 Å². The highest BCUT2D eigenvalue weighted by Gasteiger charge is 2.38. The summed E-state index contributed by atoms with van der Waals surface area (Å²) in [6, 6.07) is 0.619. The van der Waals surface area contributed by atoms with E-state index in [9.17, 15) is 33.4 Å². The molecule has 0 aromatic heterocycles. The first-order chi connectivity index (χ1) is 10.5. The van der Waals surface area contributed by atoms with Crippen LogP contribution in [0.1, 0.15) is 26.3 Å². The Hall–Kier alpha value is -2.65. The summed E-state index contributed by atoms with van der Waals surface area (Å²) in [5.74, 6) is 0. The molecule has 10 heteroatoms. The van der Waals surface area contributed by atoms with Crippen molar-refractivity contribution in [2.75, 3.05) is 11.4 Å². The molecule has 0 spiro atoms. The average molecular weight is 333 g/mol. The Bertz CT molecular complexity index is 632. The van der Waals surface area contributed by atoms with Crippen LogP contribution in [0.5, 0.6) is 0 Å². The van der Waals surface area contributed by atoms with Crippen LogP contribution in [-0.2, 0) is 6.18 Å². The summed E-state index contributed by atoms with van der Waals surface area (Å²) in [6.07, 6.45) is -3.52. The number of allylic oxidation sites excluding steroid dienone is 1. The smallest absolute Gasteiger partial charge is 0.337 e. The number of nitro groups is 2.